The van der Waals surface area contributed by atoms with Crippen molar-refractivity contribution < 1.29 is 22.8 Å². The molecule has 0 aliphatic heterocycles. The first-order chi connectivity index (χ1) is 12.3. The Morgan fingerprint density at radius 3 is 2.81 bits per heavy atom. The minimum Gasteiger partial charge on any atom is -0.468 e. The van der Waals surface area contributed by atoms with Gasteiger partial charge in [0.1, 0.15) is 0 Å². The Kier molecular flexibility index (Phi) is 4.89. The van der Waals surface area contributed by atoms with Gasteiger partial charge >= 0.3 is 6.18 Å². The predicted octanol–water partition coefficient (Wildman–Crippen LogP) is 4.15. The lowest BCUT2D eigenvalue weighted by Crippen LogP contribution is -2.19. The topological polar surface area (TPSA) is 90.2 Å². The normalized spacial score (nSPS) is 11.5. The fourth-order valence-corrected chi connectivity index (χ4v) is 2.97. The lowest BCUT2D eigenvalue weighted by molar-refractivity contribution is -0.384. The molecular weight excluding hydrogens is 373 g/mol. The molecule has 136 valence electrons. The van der Waals surface area contributed by atoms with Crippen molar-refractivity contribution in [3.8, 4) is 5.88 Å². The second kappa shape index (κ2) is 7.12. The van der Waals surface area contributed by atoms with Crippen LogP contribution in [0, 0.1) is 10.1 Å². The van der Waals surface area contributed by atoms with Crippen molar-refractivity contribution in [3.05, 3.63) is 52.2 Å². The number of nitro groups is 1. The van der Waals surface area contributed by atoms with E-state index in [1.54, 1.807) is 12.1 Å². The van der Waals surface area contributed by atoms with E-state index in [0.29, 0.717) is 20.9 Å². The zero-order valence-electron chi connectivity index (χ0n) is 13.0. The SMILES string of the molecule is O=[N+]([O-])c1ccc2nc(NCc3ccnc(OCC(F)(F)F)c3)sc2c1. The van der Waals surface area contributed by atoms with E-state index in [4.69, 9.17) is 0 Å². The number of anilines is 1. The maximum Gasteiger partial charge on any atom is 0.422 e. The van der Waals surface area contributed by atoms with Crippen LogP contribution in [0.2, 0.25) is 0 Å². The zero-order chi connectivity index (χ0) is 18.7. The summed E-state index contributed by atoms with van der Waals surface area (Å²) in [6, 6.07) is 7.40. The number of ether oxygens (including phenoxy) is 1. The Hall–Kier alpha value is -2.95. The van der Waals surface area contributed by atoms with Crippen molar-refractivity contribution in [1.29, 1.82) is 0 Å². The molecule has 3 rings (SSSR count). The summed E-state index contributed by atoms with van der Waals surface area (Å²) in [7, 11) is 0. The number of aromatic nitrogens is 2. The Morgan fingerprint density at radius 2 is 2.08 bits per heavy atom. The van der Waals surface area contributed by atoms with E-state index < -0.39 is 17.7 Å². The van der Waals surface area contributed by atoms with Gasteiger partial charge in [0.05, 0.1) is 15.1 Å². The molecule has 2 aromatic heterocycles. The lowest BCUT2D eigenvalue weighted by Gasteiger charge is -2.09. The minimum absolute atomic E-state index is 0.0201. The van der Waals surface area contributed by atoms with E-state index in [1.165, 1.54) is 35.7 Å². The van der Waals surface area contributed by atoms with Crippen molar-refractivity contribution in [2.45, 2.75) is 12.7 Å². The van der Waals surface area contributed by atoms with E-state index in [1.807, 2.05) is 0 Å². The largest absolute Gasteiger partial charge is 0.468 e. The van der Waals surface area contributed by atoms with Crippen molar-refractivity contribution in [1.82, 2.24) is 9.97 Å². The van der Waals surface area contributed by atoms with Crippen LogP contribution in [0.4, 0.5) is 24.0 Å². The van der Waals surface area contributed by atoms with E-state index in [9.17, 15) is 23.3 Å². The van der Waals surface area contributed by atoms with Crippen LogP contribution in [0.1, 0.15) is 5.56 Å². The number of hydrogen-bond acceptors (Lipinski definition) is 7. The molecule has 0 radical (unpaired) electrons. The Morgan fingerprint density at radius 1 is 1.27 bits per heavy atom. The number of benzene rings is 1. The summed E-state index contributed by atoms with van der Waals surface area (Å²) in [5.41, 5.74) is 1.25. The number of alkyl halides is 3. The summed E-state index contributed by atoms with van der Waals surface area (Å²) in [5, 5.41) is 14.4. The molecule has 0 aliphatic rings. The van der Waals surface area contributed by atoms with Crippen LogP contribution in [-0.4, -0.2) is 27.7 Å². The van der Waals surface area contributed by atoms with Crippen molar-refractivity contribution in [3.63, 3.8) is 0 Å². The smallest absolute Gasteiger partial charge is 0.422 e. The highest BCUT2D eigenvalue weighted by Crippen LogP contribution is 2.29. The molecule has 7 nitrogen and oxygen atoms in total. The molecule has 2 heterocycles. The molecule has 0 amide bonds. The van der Waals surface area contributed by atoms with Crippen LogP contribution in [0.15, 0.2) is 36.5 Å². The number of fused-ring (bicyclic) bond motifs is 1. The van der Waals surface area contributed by atoms with Gasteiger partial charge in [0.15, 0.2) is 11.7 Å². The molecular formula is C15H11F3N4O3S. The Bertz CT molecular complexity index is 945. The third-order valence-corrected chi connectivity index (χ3v) is 4.19. The molecule has 0 fully saturated rings. The van der Waals surface area contributed by atoms with Gasteiger partial charge in [-0.25, -0.2) is 9.97 Å². The number of rotatable bonds is 6. The molecule has 26 heavy (non-hydrogen) atoms. The van der Waals surface area contributed by atoms with Gasteiger partial charge in [-0.15, -0.1) is 0 Å². The standard InChI is InChI=1S/C15H11F3N4O3S/c16-15(17,18)8-25-13-5-9(3-4-19-13)7-20-14-21-11-2-1-10(22(23)24)6-12(11)26-14/h1-6H,7-8H2,(H,20,21). The number of nitrogens with one attached hydrogen (secondary N) is 1. The third kappa shape index (κ3) is 4.57. The van der Waals surface area contributed by atoms with Gasteiger partial charge in [0.25, 0.3) is 5.69 Å². The van der Waals surface area contributed by atoms with Gasteiger partial charge in [-0.3, -0.25) is 10.1 Å². The minimum atomic E-state index is -4.43. The molecule has 11 heteroatoms. The fourth-order valence-electron chi connectivity index (χ4n) is 2.08. The average molecular weight is 384 g/mol. The van der Waals surface area contributed by atoms with Crippen LogP contribution in [-0.2, 0) is 6.54 Å². The van der Waals surface area contributed by atoms with Gasteiger partial charge < -0.3 is 10.1 Å². The molecule has 0 saturated heterocycles. The number of nitro benzene ring substituents is 1. The first-order valence-corrected chi connectivity index (χ1v) is 8.05. The monoisotopic (exact) mass is 384 g/mol. The van der Waals surface area contributed by atoms with Crippen LogP contribution < -0.4 is 10.1 Å². The summed E-state index contributed by atoms with van der Waals surface area (Å²) >= 11 is 1.24. The Balaban J connectivity index is 1.67. The Labute approximate surface area is 148 Å². The van der Waals surface area contributed by atoms with E-state index in [2.05, 4.69) is 20.0 Å². The highest BCUT2D eigenvalue weighted by molar-refractivity contribution is 7.22. The zero-order valence-corrected chi connectivity index (χ0v) is 13.8. The summed E-state index contributed by atoms with van der Waals surface area (Å²) in [4.78, 5) is 18.4. The number of halogens is 3. The predicted molar refractivity (Wildman–Crippen MR) is 89.4 cm³/mol. The number of non-ortho nitro benzene ring substituents is 1. The van der Waals surface area contributed by atoms with Gasteiger partial charge in [-0.1, -0.05) is 11.3 Å². The number of hydrogen-bond donors (Lipinski definition) is 1. The molecule has 0 aliphatic carbocycles. The van der Waals surface area contributed by atoms with Crippen molar-refractivity contribution >= 4 is 32.4 Å². The summed E-state index contributed by atoms with van der Waals surface area (Å²) < 4.78 is 41.8. The highest BCUT2D eigenvalue weighted by Gasteiger charge is 2.28. The molecule has 1 N–H and O–H groups in total. The first-order valence-electron chi connectivity index (χ1n) is 7.23. The molecule has 3 aromatic rings. The van der Waals surface area contributed by atoms with Gasteiger partial charge in [-0.2, -0.15) is 13.2 Å². The number of thiazole rings is 1. The lowest BCUT2D eigenvalue weighted by atomic mass is 10.2. The van der Waals surface area contributed by atoms with E-state index in [0.717, 1.165) is 0 Å². The molecule has 0 saturated carbocycles. The molecule has 0 spiro atoms. The highest BCUT2D eigenvalue weighted by atomic mass is 32.1. The van der Waals surface area contributed by atoms with Crippen LogP contribution in [0.5, 0.6) is 5.88 Å². The number of pyridine rings is 1. The van der Waals surface area contributed by atoms with Crippen LogP contribution in [0.25, 0.3) is 10.2 Å². The summed E-state index contributed by atoms with van der Waals surface area (Å²) in [6.45, 7) is -1.12. The molecule has 1 aromatic carbocycles. The summed E-state index contributed by atoms with van der Waals surface area (Å²) in [6.07, 6.45) is -3.08. The molecule has 0 unspecified atom stereocenters. The second-order valence-electron chi connectivity index (χ2n) is 5.19. The maximum absolute atomic E-state index is 12.2. The average Bonchev–Trinajstić information content (AvgIpc) is 3.00. The molecule has 0 bridgehead atoms. The fraction of sp³-hybridized carbons (Fsp3) is 0.200. The van der Waals surface area contributed by atoms with Gasteiger partial charge in [-0.05, 0) is 17.7 Å². The second-order valence-corrected chi connectivity index (χ2v) is 6.22. The maximum atomic E-state index is 12.2. The summed E-state index contributed by atoms with van der Waals surface area (Å²) in [5.74, 6) is -0.124. The van der Waals surface area contributed by atoms with E-state index >= 15 is 0 Å². The van der Waals surface area contributed by atoms with Crippen LogP contribution in [0.3, 0.4) is 0 Å². The van der Waals surface area contributed by atoms with Crippen molar-refractivity contribution in [2.24, 2.45) is 0 Å². The van der Waals surface area contributed by atoms with Crippen LogP contribution >= 0.6 is 11.3 Å². The quantitative estimate of drug-likeness (QED) is 0.507. The van der Waals surface area contributed by atoms with Gasteiger partial charge in [0, 0.05) is 30.9 Å². The first kappa shape index (κ1) is 17.9. The third-order valence-electron chi connectivity index (χ3n) is 3.21. The molecule has 0 atom stereocenters. The van der Waals surface area contributed by atoms with E-state index in [-0.39, 0.29) is 18.1 Å². The number of nitrogens with zero attached hydrogens (tertiary/aromatic N) is 3. The van der Waals surface area contributed by atoms with Crippen molar-refractivity contribution in [2.75, 3.05) is 11.9 Å². The van der Waals surface area contributed by atoms with Gasteiger partial charge in [0.2, 0.25) is 5.88 Å².